The summed E-state index contributed by atoms with van der Waals surface area (Å²) in [4.78, 5) is 26.9. The molecule has 144 valence electrons. The maximum atomic E-state index is 14.6. The number of carbonyl (C=O) groups excluding carboxylic acids is 2. The minimum Gasteiger partial charge on any atom is -0.445 e. The van der Waals surface area contributed by atoms with Gasteiger partial charge in [0.15, 0.2) is 0 Å². The van der Waals surface area contributed by atoms with Crippen LogP contribution in [0.15, 0.2) is 30.3 Å². The molecule has 0 aliphatic carbocycles. The summed E-state index contributed by atoms with van der Waals surface area (Å²) >= 11 is 0. The minimum absolute atomic E-state index is 0.101. The molecule has 7 heteroatoms. The quantitative estimate of drug-likeness (QED) is 0.820. The van der Waals surface area contributed by atoms with Gasteiger partial charge in [-0.1, -0.05) is 30.3 Å². The zero-order valence-corrected chi connectivity index (χ0v) is 15.8. The van der Waals surface area contributed by atoms with Crippen LogP contribution >= 0.6 is 0 Å². The molecule has 2 amide bonds. The number of alkyl halides is 1. The van der Waals surface area contributed by atoms with Gasteiger partial charge >= 0.3 is 12.2 Å². The highest BCUT2D eigenvalue weighted by Gasteiger charge is 2.37. The van der Waals surface area contributed by atoms with E-state index < -0.39 is 30.0 Å². The molecule has 0 unspecified atom stereocenters. The van der Waals surface area contributed by atoms with Gasteiger partial charge in [0, 0.05) is 13.6 Å². The first-order valence-electron chi connectivity index (χ1n) is 8.73. The van der Waals surface area contributed by atoms with E-state index in [0.717, 1.165) is 5.56 Å². The molecule has 2 atom stereocenters. The number of rotatable bonds is 3. The predicted octanol–water partition coefficient (Wildman–Crippen LogP) is 3.60. The van der Waals surface area contributed by atoms with Crippen LogP contribution in [0.4, 0.5) is 14.0 Å². The van der Waals surface area contributed by atoms with Crippen molar-refractivity contribution >= 4 is 12.2 Å². The number of ether oxygens (including phenoxy) is 2. The number of piperidine rings is 1. The van der Waals surface area contributed by atoms with Crippen molar-refractivity contribution in [3.63, 3.8) is 0 Å². The van der Waals surface area contributed by atoms with Crippen LogP contribution in [0.1, 0.15) is 32.8 Å². The Labute approximate surface area is 153 Å². The first-order valence-corrected chi connectivity index (χ1v) is 8.73. The largest absolute Gasteiger partial charge is 0.445 e. The Hall–Kier alpha value is -2.31. The summed E-state index contributed by atoms with van der Waals surface area (Å²) < 4.78 is 25.1. The first kappa shape index (κ1) is 20.0. The summed E-state index contributed by atoms with van der Waals surface area (Å²) in [6.07, 6.45) is -2.14. The van der Waals surface area contributed by atoms with E-state index in [2.05, 4.69) is 0 Å². The molecule has 1 aliphatic rings. The normalized spacial score (nSPS) is 20.4. The van der Waals surface area contributed by atoms with Crippen molar-refractivity contribution in [2.24, 2.45) is 0 Å². The lowest BCUT2D eigenvalue weighted by molar-refractivity contribution is -0.00260. The molecule has 0 N–H and O–H groups in total. The Morgan fingerprint density at radius 2 is 1.92 bits per heavy atom. The monoisotopic (exact) mass is 366 g/mol. The molecule has 1 aromatic carbocycles. The van der Waals surface area contributed by atoms with Crippen molar-refractivity contribution < 1.29 is 23.5 Å². The van der Waals surface area contributed by atoms with Gasteiger partial charge in [-0.15, -0.1) is 0 Å². The highest BCUT2D eigenvalue weighted by molar-refractivity contribution is 5.69. The molecule has 6 nitrogen and oxygen atoms in total. The van der Waals surface area contributed by atoms with E-state index in [-0.39, 0.29) is 13.2 Å². The third-order valence-electron chi connectivity index (χ3n) is 4.15. The van der Waals surface area contributed by atoms with Crippen molar-refractivity contribution in [1.82, 2.24) is 9.80 Å². The average Bonchev–Trinajstić information content (AvgIpc) is 2.58. The molecule has 2 rings (SSSR count). The summed E-state index contributed by atoms with van der Waals surface area (Å²) in [5, 5.41) is 0. The van der Waals surface area contributed by atoms with Gasteiger partial charge < -0.3 is 19.3 Å². The molecule has 0 bridgehead atoms. The Bertz CT molecular complexity index is 618. The summed E-state index contributed by atoms with van der Waals surface area (Å²) in [7, 11) is 1.52. The molecule has 1 aromatic rings. The Morgan fingerprint density at radius 1 is 1.27 bits per heavy atom. The van der Waals surface area contributed by atoms with Gasteiger partial charge in [0.05, 0.1) is 12.6 Å². The van der Waals surface area contributed by atoms with Crippen LogP contribution in [-0.4, -0.2) is 59.9 Å². The zero-order valence-electron chi connectivity index (χ0n) is 15.8. The summed E-state index contributed by atoms with van der Waals surface area (Å²) in [5.41, 5.74) is 0.239. The molecule has 1 heterocycles. The molecule has 1 aliphatic heterocycles. The first-order chi connectivity index (χ1) is 12.2. The molecule has 26 heavy (non-hydrogen) atoms. The van der Waals surface area contributed by atoms with E-state index in [1.807, 2.05) is 30.3 Å². The standard InChI is InChI=1S/C19H27FN2O4/c1-19(2,3)26-18(24)22-11-10-16(15(20)12-22)21(4)17(23)25-13-14-8-6-5-7-9-14/h5-9,15-16H,10-13H2,1-4H3/t15-,16-/m1/s1. The van der Waals surface area contributed by atoms with Crippen LogP contribution in [0.2, 0.25) is 0 Å². The second-order valence-corrected chi connectivity index (χ2v) is 7.45. The fraction of sp³-hybridized carbons (Fsp3) is 0.579. The van der Waals surface area contributed by atoms with Crippen molar-refractivity contribution in [2.45, 2.75) is 51.6 Å². The zero-order chi connectivity index (χ0) is 19.3. The molecular weight excluding hydrogens is 339 g/mol. The van der Waals surface area contributed by atoms with Crippen molar-refractivity contribution in [3.05, 3.63) is 35.9 Å². The van der Waals surface area contributed by atoms with E-state index in [9.17, 15) is 14.0 Å². The predicted molar refractivity (Wildman–Crippen MR) is 95.5 cm³/mol. The van der Waals surface area contributed by atoms with E-state index in [0.29, 0.717) is 13.0 Å². The summed E-state index contributed by atoms with van der Waals surface area (Å²) in [6, 6.07) is 8.67. The minimum atomic E-state index is -1.36. The van der Waals surface area contributed by atoms with Crippen LogP contribution in [0.25, 0.3) is 0 Å². The van der Waals surface area contributed by atoms with Crippen LogP contribution < -0.4 is 0 Å². The molecule has 0 radical (unpaired) electrons. The lowest BCUT2D eigenvalue weighted by Crippen LogP contribution is -2.54. The van der Waals surface area contributed by atoms with Gasteiger partial charge in [-0.2, -0.15) is 0 Å². The van der Waals surface area contributed by atoms with Crippen molar-refractivity contribution in [1.29, 1.82) is 0 Å². The maximum absolute atomic E-state index is 14.6. The second-order valence-electron chi connectivity index (χ2n) is 7.45. The fourth-order valence-electron chi connectivity index (χ4n) is 2.78. The second kappa shape index (κ2) is 8.38. The number of hydrogen-bond donors (Lipinski definition) is 0. The molecular formula is C19H27FN2O4. The van der Waals surface area contributed by atoms with E-state index in [4.69, 9.17) is 9.47 Å². The summed E-state index contributed by atoms with van der Waals surface area (Å²) in [5.74, 6) is 0. The van der Waals surface area contributed by atoms with Crippen molar-refractivity contribution in [2.75, 3.05) is 20.1 Å². The number of carbonyl (C=O) groups is 2. The molecule has 1 fully saturated rings. The van der Waals surface area contributed by atoms with Gasteiger partial charge in [-0.25, -0.2) is 14.0 Å². The van der Waals surface area contributed by atoms with Gasteiger partial charge in [0.25, 0.3) is 0 Å². The highest BCUT2D eigenvalue weighted by atomic mass is 19.1. The topological polar surface area (TPSA) is 59.1 Å². The molecule has 0 spiro atoms. The van der Waals surface area contributed by atoms with E-state index in [1.165, 1.54) is 16.8 Å². The molecule has 0 saturated carbocycles. The maximum Gasteiger partial charge on any atom is 0.410 e. The Kier molecular flexibility index (Phi) is 6.45. The molecule has 0 aromatic heterocycles. The van der Waals surface area contributed by atoms with E-state index >= 15 is 0 Å². The van der Waals surface area contributed by atoms with Crippen LogP contribution in [0, 0.1) is 0 Å². The van der Waals surface area contributed by atoms with Crippen LogP contribution in [0.5, 0.6) is 0 Å². The number of nitrogens with zero attached hydrogens (tertiary/aromatic N) is 2. The smallest absolute Gasteiger partial charge is 0.410 e. The fourth-order valence-corrected chi connectivity index (χ4v) is 2.78. The number of likely N-dealkylation sites (tertiary alicyclic amines) is 1. The third-order valence-corrected chi connectivity index (χ3v) is 4.15. The number of hydrogen-bond acceptors (Lipinski definition) is 4. The van der Waals surface area contributed by atoms with Gasteiger partial charge in [-0.3, -0.25) is 0 Å². The van der Waals surface area contributed by atoms with Gasteiger partial charge in [-0.05, 0) is 32.8 Å². The lowest BCUT2D eigenvalue weighted by atomic mass is 10.0. The Balaban J connectivity index is 1.85. The average molecular weight is 366 g/mol. The lowest BCUT2D eigenvalue weighted by Gasteiger charge is -2.38. The Morgan fingerprint density at radius 3 is 2.50 bits per heavy atom. The number of amides is 2. The van der Waals surface area contributed by atoms with Gasteiger partial charge in [0.2, 0.25) is 0 Å². The molecule has 1 saturated heterocycles. The number of benzene rings is 1. The summed E-state index contributed by atoms with van der Waals surface area (Å²) in [6.45, 7) is 5.66. The van der Waals surface area contributed by atoms with Crippen LogP contribution in [0.3, 0.4) is 0 Å². The van der Waals surface area contributed by atoms with Crippen molar-refractivity contribution in [3.8, 4) is 0 Å². The number of halogens is 1. The van der Waals surface area contributed by atoms with Crippen LogP contribution in [-0.2, 0) is 16.1 Å². The highest BCUT2D eigenvalue weighted by Crippen LogP contribution is 2.21. The van der Waals surface area contributed by atoms with Gasteiger partial charge in [0.1, 0.15) is 18.4 Å². The third kappa shape index (κ3) is 5.61. The van der Waals surface area contributed by atoms with E-state index in [1.54, 1.807) is 20.8 Å². The SMILES string of the molecule is CN(C(=O)OCc1ccccc1)[C@@H]1CCN(C(=O)OC(C)(C)C)C[C@H]1F.